The lowest BCUT2D eigenvalue weighted by atomic mass is 9.88. The highest BCUT2D eigenvalue weighted by molar-refractivity contribution is 5.77. The van der Waals surface area contributed by atoms with E-state index >= 15 is 0 Å². The van der Waals surface area contributed by atoms with Crippen molar-refractivity contribution in [2.45, 2.75) is 41.5 Å². The van der Waals surface area contributed by atoms with Crippen molar-refractivity contribution in [1.29, 1.82) is 0 Å². The highest BCUT2D eigenvalue weighted by Gasteiger charge is 2.18. The van der Waals surface area contributed by atoms with E-state index in [1.165, 1.54) is 22.3 Å². The first-order valence-electron chi connectivity index (χ1n) is 11.4. The van der Waals surface area contributed by atoms with Crippen molar-refractivity contribution in [1.82, 2.24) is 0 Å². The number of anilines is 2. The van der Waals surface area contributed by atoms with Crippen LogP contribution in [0.3, 0.4) is 0 Å². The van der Waals surface area contributed by atoms with Gasteiger partial charge in [-0.3, -0.25) is 0 Å². The van der Waals surface area contributed by atoms with Crippen molar-refractivity contribution < 1.29 is 9.47 Å². The largest absolute Gasteiger partial charge is 0.457 e. The summed E-state index contributed by atoms with van der Waals surface area (Å²) in [6.45, 7) is 12.7. The van der Waals surface area contributed by atoms with E-state index in [-0.39, 0.29) is 0 Å². The number of rotatable bonds is 5. The minimum atomic E-state index is 0.720. The van der Waals surface area contributed by atoms with Crippen LogP contribution in [0.4, 0.5) is 11.4 Å². The van der Waals surface area contributed by atoms with Gasteiger partial charge in [0.15, 0.2) is 0 Å². The second-order valence-corrected chi connectivity index (χ2v) is 8.98. The molecule has 174 valence electrons. The Labute approximate surface area is 202 Å². The smallest absolute Gasteiger partial charge is 0.133 e. The molecule has 0 heterocycles. The molecule has 0 spiro atoms. The zero-order chi connectivity index (χ0) is 24.6. The Morgan fingerprint density at radius 3 is 1.12 bits per heavy atom. The van der Waals surface area contributed by atoms with Crippen molar-refractivity contribution in [2.75, 3.05) is 11.5 Å². The monoisotopic (exact) mass is 452 g/mol. The molecule has 0 radical (unpaired) electrons. The highest BCUT2D eigenvalue weighted by atomic mass is 16.5. The number of aryl methyl sites for hydroxylation is 2. The van der Waals surface area contributed by atoms with Crippen molar-refractivity contribution in [3.05, 3.63) is 94.0 Å². The Hall–Kier alpha value is -3.92. The van der Waals surface area contributed by atoms with Crippen LogP contribution in [0, 0.1) is 41.5 Å². The number of benzene rings is 4. The Kier molecular flexibility index (Phi) is 6.25. The second-order valence-electron chi connectivity index (χ2n) is 8.98. The van der Waals surface area contributed by atoms with E-state index in [2.05, 4.69) is 53.7 Å². The van der Waals surface area contributed by atoms with Gasteiger partial charge in [0.05, 0.1) is 0 Å². The summed E-state index contributed by atoms with van der Waals surface area (Å²) in [4.78, 5) is 0. The van der Waals surface area contributed by atoms with Gasteiger partial charge in [0.2, 0.25) is 0 Å². The molecule has 0 aliphatic heterocycles. The van der Waals surface area contributed by atoms with Gasteiger partial charge < -0.3 is 20.9 Å². The summed E-state index contributed by atoms with van der Waals surface area (Å²) in [7, 11) is 0. The maximum absolute atomic E-state index is 6.25. The SMILES string of the molecule is Cc1cc(-c2cc(C)c(Oc3ccc(N)cc3)c(C)c2C)c(C)c(C)c1Oc1ccc(N)cc1. The quantitative estimate of drug-likeness (QED) is 0.301. The number of nitrogens with two attached hydrogens (primary N) is 2. The summed E-state index contributed by atoms with van der Waals surface area (Å²) in [5, 5.41) is 0. The summed E-state index contributed by atoms with van der Waals surface area (Å²) in [6.07, 6.45) is 0. The molecule has 4 heteroatoms. The molecule has 0 bridgehead atoms. The van der Waals surface area contributed by atoms with Gasteiger partial charge in [-0.1, -0.05) is 0 Å². The van der Waals surface area contributed by atoms with E-state index in [1.54, 1.807) is 0 Å². The molecule has 0 atom stereocenters. The predicted octanol–water partition coefficient (Wildman–Crippen LogP) is 7.95. The van der Waals surface area contributed by atoms with E-state index < -0.39 is 0 Å². The minimum absolute atomic E-state index is 0.720. The van der Waals surface area contributed by atoms with Gasteiger partial charge in [0.1, 0.15) is 23.0 Å². The van der Waals surface area contributed by atoms with E-state index in [0.29, 0.717) is 0 Å². The zero-order valence-electron chi connectivity index (χ0n) is 20.7. The van der Waals surface area contributed by atoms with E-state index in [4.69, 9.17) is 20.9 Å². The van der Waals surface area contributed by atoms with Crippen LogP contribution in [-0.2, 0) is 0 Å². The number of hydrogen-bond acceptors (Lipinski definition) is 4. The topological polar surface area (TPSA) is 70.5 Å². The molecule has 0 aliphatic carbocycles. The van der Waals surface area contributed by atoms with Crippen LogP contribution in [0.2, 0.25) is 0 Å². The fraction of sp³-hybridized carbons (Fsp3) is 0.200. The Morgan fingerprint density at radius 2 is 0.794 bits per heavy atom. The third-order valence-corrected chi connectivity index (χ3v) is 6.54. The molecular weight excluding hydrogens is 420 g/mol. The molecule has 0 aromatic heterocycles. The molecule has 0 fully saturated rings. The van der Waals surface area contributed by atoms with Crippen LogP contribution in [-0.4, -0.2) is 0 Å². The first-order valence-corrected chi connectivity index (χ1v) is 11.4. The van der Waals surface area contributed by atoms with Crippen molar-refractivity contribution in [3.8, 4) is 34.1 Å². The lowest BCUT2D eigenvalue weighted by molar-refractivity contribution is 0.474. The van der Waals surface area contributed by atoms with E-state index in [1.807, 2.05) is 48.5 Å². The average molecular weight is 453 g/mol. The van der Waals surface area contributed by atoms with Crippen LogP contribution in [0.25, 0.3) is 11.1 Å². The van der Waals surface area contributed by atoms with Crippen LogP contribution in [0.15, 0.2) is 60.7 Å². The summed E-state index contributed by atoms with van der Waals surface area (Å²) >= 11 is 0. The zero-order valence-corrected chi connectivity index (χ0v) is 20.7. The minimum Gasteiger partial charge on any atom is -0.457 e. The van der Waals surface area contributed by atoms with Crippen LogP contribution in [0.1, 0.15) is 33.4 Å². The summed E-state index contributed by atoms with van der Waals surface area (Å²) < 4.78 is 12.5. The van der Waals surface area contributed by atoms with Crippen LogP contribution < -0.4 is 20.9 Å². The van der Waals surface area contributed by atoms with Crippen molar-refractivity contribution in [2.24, 2.45) is 0 Å². The fourth-order valence-corrected chi connectivity index (χ4v) is 4.30. The predicted molar refractivity (Wildman–Crippen MR) is 142 cm³/mol. The average Bonchev–Trinajstić information content (AvgIpc) is 2.81. The van der Waals surface area contributed by atoms with Crippen molar-refractivity contribution >= 4 is 11.4 Å². The Morgan fingerprint density at radius 1 is 0.471 bits per heavy atom. The van der Waals surface area contributed by atoms with Crippen LogP contribution in [0.5, 0.6) is 23.0 Å². The van der Waals surface area contributed by atoms with Gasteiger partial charge >= 0.3 is 0 Å². The second kappa shape index (κ2) is 9.14. The van der Waals surface area contributed by atoms with Gasteiger partial charge in [0, 0.05) is 11.4 Å². The fourth-order valence-electron chi connectivity index (χ4n) is 4.30. The van der Waals surface area contributed by atoms with Gasteiger partial charge in [-0.15, -0.1) is 0 Å². The van der Waals surface area contributed by atoms with Crippen LogP contribution >= 0.6 is 0 Å². The van der Waals surface area contributed by atoms with Gasteiger partial charge in [0.25, 0.3) is 0 Å². The summed E-state index contributed by atoms with van der Waals surface area (Å²) in [5.41, 5.74) is 22.3. The third-order valence-electron chi connectivity index (χ3n) is 6.54. The van der Waals surface area contributed by atoms with Gasteiger partial charge in [-0.2, -0.15) is 0 Å². The lowest BCUT2D eigenvalue weighted by Crippen LogP contribution is -2.00. The van der Waals surface area contributed by atoms with Crippen molar-refractivity contribution in [3.63, 3.8) is 0 Å². The molecule has 34 heavy (non-hydrogen) atoms. The maximum Gasteiger partial charge on any atom is 0.133 e. The molecule has 0 saturated carbocycles. The molecule has 4 rings (SSSR count). The molecule has 4 aromatic carbocycles. The molecule has 0 unspecified atom stereocenters. The highest BCUT2D eigenvalue weighted by Crippen LogP contribution is 2.41. The lowest BCUT2D eigenvalue weighted by Gasteiger charge is -2.21. The first-order chi connectivity index (χ1) is 16.2. The number of hydrogen-bond donors (Lipinski definition) is 2. The molecule has 0 aliphatic rings. The normalized spacial score (nSPS) is 10.9. The molecule has 0 amide bonds. The summed E-state index contributed by atoms with van der Waals surface area (Å²) in [6, 6.07) is 19.4. The maximum atomic E-state index is 6.25. The van der Waals surface area contributed by atoms with E-state index in [9.17, 15) is 0 Å². The summed E-state index contributed by atoms with van der Waals surface area (Å²) in [5.74, 6) is 3.33. The standard InChI is InChI=1S/C30H32N2O2/c1-17-15-27(19(3)21(5)29(17)33-25-11-7-23(31)8-12-25)28-16-18(2)30(22(6)20(28)4)34-26-13-9-24(32)10-14-26/h7-16H,31-32H2,1-6H3. The molecule has 4 aromatic rings. The molecule has 4 N–H and O–H groups in total. The molecular formula is C30H32N2O2. The van der Waals surface area contributed by atoms with E-state index in [0.717, 1.165) is 56.6 Å². The first kappa shape index (κ1) is 23.2. The number of ether oxygens (including phenoxy) is 2. The number of nitrogen functional groups attached to an aromatic ring is 2. The molecule has 0 saturated heterocycles. The Bertz CT molecular complexity index is 1250. The molecule has 4 nitrogen and oxygen atoms in total. The Balaban J connectivity index is 1.74. The third kappa shape index (κ3) is 4.44. The van der Waals surface area contributed by atoms with Gasteiger partial charge in [-0.05, 0) is 147 Å². The van der Waals surface area contributed by atoms with Gasteiger partial charge in [-0.25, -0.2) is 0 Å².